The van der Waals surface area contributed by atoms with E-state index in [1.165, 1.54) is 24.4 Å². The third kappa shape index (κ3) is 4.56. The van der Waals surface area contributed by atoms with Crippen LogP contribution in [0.4, 0.5) is 24.7 Å². The predicted octanol–water partition coefficient (Wildman–Crippen LogP) is 5.08. The number of halogens is 4. The minimum absolute atomic E-state index is 0.0127. The molecule has 0 unspecified atom stereocenters. The van der Waals surface area contributed by atoms with Gasteiger partial charge in [-0.25, -0.2) is 13.2 Å². The lowest BCUT2D eigenvalue weighted by atomic mass is 9.95. The Kier molecular flexibility index (Phi) is 6.22. The van der Waals surface area contributed by atoms with Crippen LogP contribution in [-0.4, -0.2) is 82.4 Å². The van der Waals surface area contributed by atoms with E-state index in [2.05, 4.69) is 20.9 Å². The van der Waals surface area contributed by atoms with E-state index in [-0.39, 0.29) is 74.9 Å². The molecule has 45 heavy (non-hydrogen) atoms. The molecule has 1 saturated carbocycles. The molecule has 4 fully saturated rings. The monoisotopic (exact) mass is 636 g/mol. The van der Waals surface area contributed by atoms with E-state index in [0.717, 1.165) is 0 Å². The third-order valence-corrected chi connectivity index (χ3v) is 10.1. The van der Waals surface area contributed by atoms with Gasteiger partial charge in [-0.1, -0.05) is 12.0 Å². The number of ether oxygens (including phenoxy) is 2. The van der Waals surface area contributed by atoms with E-state index in [1.807, 2.05) is 4.90 Å². The second-order valence-electron chi connectivity index (χ2n) is 12.2. The molecule has 3 saturated heterocycles. The molecule has 1 aliphatic carbocycles. The number of rotatable bonds is 5. The van der Waals surface area contributed by atoms with Gasteiger partial charge in [0, 0.05) is 48.3 Å². The zero-order valence-electron chi connectivity index (χ0n) is 26.1. The maximum Gasteiger partial charge on any atom is 0.319 e. The van der Waals surface area contributed by atoms with Gasteiger partial charge in [0.25, 0.3) is 0 Å². The van der Waals surface area contributed by atoms with Crippen molar-refractivity contribution in [3.05, 3.63) is 47.7 Å². The molecule has 5 atom stereocenters. The molecule has 4 aromatic rings. The van der Waals surface area contributed by atoms with Gasteiger partial charge in [0.2, 0.25) is 0 Å². The number of nitrogens with zero attached hydrogens (tertiary/aromatic N) is 5. The first-order valence-electron chi connectivity index (χ1n) is 15.9. The molecule has 0 radical (unpaired) electrons. The van der Waals surface area contributed by atoms with Crippen LogP contribution in [0.3, 0.4) is 0 Å². The Morgan fingerprint density at radius 3 is 2.98 bits per heavy atom. The van der Waals surface area contributed by atoms with Crippen molar-refractivity contribution in [3.63, 3.8) is 0 Å². The average molecular weight is 637 g/mol. The maximum absolute atomic E-state index is 16.9. The molecule has 2 aromatic carbocycles. The number of pyridine rings is 1. The SMILES string of the molecule is [2H]C([2H])(Oc1nc(N2CCOC[C@@H]3[C@@H](Cl)[C@@H]32)c2cnc(-c3cc(N)cc4ccc(F)c(C#C)c34)c(F)c2n1)[C@@]12CCCN1C[C@H](F)C2. The van der Waals surface area contributed by atoms with Crippen molar-refractivity contribution in [2.45, 2.75) is 42.4 Å². The number of hydrogen-bond acceptors (Lipinski definition) is 8. The fourth-order valence-electron chi connectivity index (χ4n) is 7.35. The third-order valence-electron chi connectivity index (χ3n) is 9.52. The van der Waals surface area contributed by atoms with Crippen LogP contribution in [0.15, 0.2) is 30.5 Å². The quantitative estimate of drug-likeness (QED) is 0.184. The van der Waals surface area contributed by atoms with Crippen LogP contribution in [0.5, 0.6) is 6.01 Å². The minimum atomic E-state index is -2.41. The summed E-state index contributed by atoms with van der Waals surface area (Å²) in [5.74, 6) is 1.09. The Hall–Kier alpha value is -3.85. The van der Waals surface area contributed by atoms with Gasteiger partial charge in [-0.3, -0.25) is 9.88 Å². The molecule has 0 bridgehead atoms. The lowest BCUT2D eigenvalue weighted by Crippen LogP contribution is -2.43. The van der Waals surface area contributed by atoms with Crippen molar-refractivity contribution >= 4 is 44.8 Å². The molecule has 12 heteroatoms. The zero-order valence-corrected chi connectivity index (χ0v) is 24.8. The summed E-state index contributed by atoms with van der Waals surface area (Å²) in [7, 11) is 0. The van der Waals surface area contributed by atoms with Gasteiger partial charge >= 0.3 is 6.01 Å². The molecule has 3 aliphatic heterocycles. The Labute approximate surface area is 265 Å². The molecular formula is C33H30ClF3N6O2. The first kappa shape index (κ1) is 26.4. The summed E-state index contributed by atoms with van der Waals surface area (Å²) in [5.41, 5.74) is 4.95. The number of nitrogen functional groups attached to an aromatic ring is 1. The number of alkyl halides is 2. The number of anilines is 2. The highest BCUT2D eigenvalue weighted by atomic mass is 35.5. The number of fused-ring (bicyclic) bond motifs is 4. The Balaban J connectivity index is 1.32. The summed E-state index contributed by atoms with van der Waals surface area (Å²) in [6.07, 6.45) is 6.93. The fraction of sp³-hybridized carbons (Fsp3) is 0.424. The molecule has 0 spiro atoms. The standard InChI is InChI=1S/C33H30ClF3N6O2/c1-2-20-24(36)5-4-17-10-19(38)11-21(25(17)20)28-27(37)29-22(13-39-28)31(43-8-9-44-15-23-26(34)30(23)43)41-32(40-29)45-16-33-6-3-7-42(33)14-18(35)12-33/h1,4-5,10-11,13,18,23,26,30H,3,6-9,12,14-16,38H2/t18-,23-,26-,30-,33+/m1/s1/i16D2. The van der Waals surface area contributed by atoms with E-state index in [0.29, 0.717) is 44.5 Å². The van der Waals surface area contributed by atoms with Crippen molar-refractivity contribution in [2.24, 2.45) is 5.92 Å². The van der Waals surface area contributed by atoms with E-state index in [9.17, 15) is 8.78 Å². The summed E-state index contributed by atoms with van der Waals surface area (Å²) in [4.78, 5) is 17.2. The Morgan fingerprint density at radius 1 is 1.27 bits per heavy atom. The van der Waals surface area contributed by atoms with Gasteiger partial charge in [-0.05, 0) is 43.0 Å². The number of terminal acetylenes is 1. The zero-order chi connectivity index (χ0) is 32.8. The molecule has 2 N–H and O–H groups in total. The number of hydrogen-bond donors (Lipinski definition) is 1. The van der Waals surface area contributed by atoms with Crippen molar-refractivity contribution < 1.29 is 25.4 Å². The summed E-state index contributed by atoms with van der Waals surface area (Å²) in [6, 6.07) is 5.22. The van der Waals surface area contributed by atoms with Crippen LogP contribution in [0.1, 0.15) is 27.6 Å². The van der Waals surface area contributed by atoms with Crippen molar-refractivity contribution in [3.8, 4) is 29.6 Å². The van der Waals surface area contributed by atoms with E-state index >= 15 is 4.39 Å². The van der Waals surface area contributed by atoms with Crippen LogP contribution in [0, 0.1) is 29.9 Å². The van der Waals surface area contributed by atoms with Gasteiger partial charge in [0.15, 0.2) is 5.82 Å². The van der Waals surface area contributed by atoms with Crippen LogP contribution in [-0.2, 0) is 4.74 Å². The topological polar surface area (TPSA) is 89.6 Å². The Bertz CT molecular complexity index is 2000. The van der Waals surface area contributed by atoms with Gasteiger partial charge < -0.3 is 20.1 Å². The average Bonchev–Trinajstić information content (AvgIpc) is 3.39. The number of aromatic nitrogens is 3. The predicted molar refractivity (Wildman–Crippen MR) is 166 cm³/mol. The highest BCUT2D eigenvalue weighted by Gasteiger charge is 2.55. The molecule has 4 aliphatic rings. The Morgan fingerprint density at radius 2 is 2.13 bits per heavy atom. The maximum atomic E-state index is 16.9. The van der Waals surface area contributed by atoms with E-state index in [1.54, 1.807) is 11.0 Å². The molecule has 8 nitrogen and oxygen atoms in total. The van der Waals surface area contributed by atoms with Crippen LogP contribution >= 0.6 is 11.6 Å². The van der Waals surface area contributed by atoms with E-state index < -0.39 is 35.9 Å². The highest BCUT2D eigenvalue weighted by molar-refractivity contribution is 6.24. The van der Waals surface area contributed by atoms with E-state index in [4.69, 9.17) is 36.0 Å². The van der Waals surface area contributed by atoms with Crippen molar-refractivity contribution in [2.75, 3.05) is 50.0 Å². The first-order chi connectivity index (χ1) is 22.5. The van der Waals surface area contributed by atoms with Crippen LogP contribution < -0.4 is 15.4 Å². The molecule has 232 valence electrons. The lowest BCUT2D eigenvalue weighted by molar-refractivity contribution is 0.107. The summed E-state index contributed by atoms with van der Waals surface area (Å²) in [5, 5.41) is 0.747. The summed E-state index contributed by atoms with van der Waals surface area (Å²) in [6.45, 7) is -0.570. The largest absolute Gasteiger partial charge is 0.461 e. The van der Waals surface area contributed by atoms with Crippen molar-refractivity contribution in [1.82, 2.24) is 19.9 Å². The van der Waals surface area contributed by atoms with Gasteiger partial charge in [0.05, 0.1) is 43.9 Å². The number of nitrogens with two attached hydrogens (primary N) is 1. The van der Waals surface area contributed by atoms with Crippen LogP contribution in [0.25, 0.3) is 32.9 Å². The smallest absolute Gasteiger partial charge is 0.319 e. The van der Waals surface area contributed by atoms with Crippen molar-refractivity contribution in [1.29, 1.82) is 0 Å². The molecular weight excluding hydrogens is 605 g/mol. The second-order valence-corrected chi connectivity index (χ2v) is 12.7. The normalized spacial score (nSPS) is 28.7. The molecule has 2 aromatic heterocycles. The molecule has 5 heterocycles. The molecule has 0 amide bonds. The highest BCUT2D eigenvalue weighted by Crippen LogP contribution is 2.47. The lowest BCUT2D eigenvalue weighted by Gasteiger charge is -2.31. The first-order valence-corrected chi connectivity index (χ1v) is 15.4. The van der Waals surface area contributed by atoms with Crippen LogP contribution in [0.2, 0.25) is 0 Å². The second kappa shape index (κ2) is 10.6. The summed E-state index contributed by atoms with van der Waals surface area (Å²) >= 11 is 6.64. The number of benzene rings is 2. The fourth-order valence-corrected chi connectivity index (χ4v) is 7.81. The van der Waals surface area contributed by atoms with Gasteiger partial charge in [-0.15, -0.1) is 18.0 Å². The summed E-state index contributed by atoms with van der Waals surface area (Å²) < 4.78 is 76.2. The van der Waals surface area contributed by atoms with Gasteiger partial charge in [0.1, 0.15) is 35.6 Å². The van der Waals surface area contributed by atoms with Gasteiger partial charge in [-0.2, -0.15) is 9.97 Å². The minimum Gasteiger partial charge on any atom is -0.461 e. The molecule has 8 rings (SSSR count).